The predicted molar refractivity (Wildman–Crippen MR) is 163 cm³/mol. The van der Waals surface area contributed by atoms with Gasteiger partial charge in [-0.25, -0.2) is 8.42 Å². The van der Waals surface area contributed by atoms with E-state index in [9.17, 15) is 18.0 Å². The van der Waals surface area contributed by atoms with E-state index in [-0.39, 0.29) is 28.1 Å². The number of aryl methyl sites for hydroxylation is 1. The second-order valence-electron chi connectivity index (χ2n) is 10.8. The molecular weight excluding hydrogens is 562 g/mol. The highest BCUT2D eigenvalue weighted by Crippen LogP contribution is 2.32. The molecule has 0 saturated heterocycles. The molecule has 0 aliphatic carbocycles. The Hall–Kier alpha value is -3.56. The Morgan fingerprint density at radius 3 is 2.20 bits per heavy atom. The average Bonchev–Trinajstić information content (AvgIpc) is 2.92. The van der Waals surface area contributed by atoms with E-state index in [0.717, 1.165) is 15.4 Å². The Balaban J connectivity index is 2.11. The molecule has 0 bridgehead atoms. The van der Waals surface area contributed by atoms with E-state index in [1.165, 1.54) is 36.3 Å². The van der Waals surface area contributed by atoms with E-state index in [1.807, 2.05) is 58.9 Å². The van der Waals surface area contributed by atoms with Crippen molar-refractivity contribution < 1.29 is 22.7 Å². The highest BCUT2D eigenvalue weighted by atomic mass is 35.5. The quantitative estimate of drug-likeness (QED) is 0.311. The number of nitrogens with zero attached hydrogens (tertiary/aromatic N) is 2. The number of ether oxygens (including phenoxy) is 1. The first-order valence-electron chi connectivity index (χ1n) is 13.4. The van der Waals surface area contributed by atoms with E-state index in [0.29, 0.717) is 12.2 Å². The number of sulfonamides is 1. The normalized spacial score (nSPS) is 12.4. The second kappa shape index (κ2) is 13.4. The summed E-state index contributed by atoms with van der Waals surface area (Å²) in [5.41, 5.74) is 1.47. The summed E-state index contributed by atoms with van der Waals surface area (Å²) < 4.78 is 34.1. The molecule has 0 heterocycles. The molecule has 41 heavy (non-hydrogen) atoms. The zero-order valence-electron chi connectivity index (χ0n) is 24.3. The highest BCUT2D eigenvalue weighted by molar-refractivity contribution is 7.92. The number of methoxy groups -OCH3 is 1. The summed E-state index contributed by atoms with van der Waals surface area (Å²) in [6.45, 7) is 8.94. The SMILES string of the molecule is CCC(C(=O)NC(C)(C)C)N(Cc1ccccc1C)C(=O)CN(c1ccc(OC)c(Cl)c1)S(=O)(=O)c1ccccc1. The standard InChI is InChI=1S/C31H38ClN3O5S/c1-7-27(30(37)33-31(3,4)5)34(20-23-14-12-11-13-22(23)2)29(36)21-35(24-17-18-28(40-6)26(32)19-24)41(38,39)25-15-9-8-10-16-25/h8-19,27H,7,20-21H2,1-6H3,(H,33,37). The van der Waals surface area contributed by atoms with Crippen LogP contribution in [0.25, 0.3) is 0 Å². The first kappa shape index (κ1) is 32.0. The van der Waals surface area contributed by atoms with E-state index in [2.05, 4.69) is 5.32 Å². The zero-order chi connectivity index (χ0) is 30.4. The van der Waals surface area contributed by atoms with Crippen LogP contribution in [0.3, 0.4) is 0 Å². The number of nitrogens with one attached hydrogen (secondary N) is 1. The Bertz CT molecular complexity index is 1470. The Labute approximate surface area is 248 Å². The van der Waals surface area contributed by atoms with Crippen molar-refractivity contribution in [2.75, 3.05) is 18.0 Å². The summed E-state index contributed by atoms with van der Waals surface area (Å²) in [6, 6.07) is 19.2. The van der Waals surface area contributed by atoms with Crippen LogP contribution in [0.4, 0.5) is 5.69 Å². The molecule has 0 aliphatic heterocycles. The van der Waals surface area contributed by atoms with Gasteiger partial charge in [-0.05, 0) is 75.6 Å². The van der Waals surface area contributed by atoms with Crippen LogP contribution in [0.5, 0.6) is 5.75 Å². The molecule has 0 spiro atoms. The predicted octanol–water partition coefficient (Wildman–Crippen LogP) is 5.57. The van der Waals surface area contributed by atoms with Gasteiger partial charge < -0.3 is 15.0 Å². The number of carbonyl (C=O) groups is 2. The maximum absolute atomic E-state index is 14.2. The first-order valence-corrected chi connectivity index (χ1v) is 15.2. The Kier molecular flexibility index (Phi) is 10.4. The molecule has 3 rings (SSSR count). The molecule has 0 fully saturated rings. The largest absolute Gasteiger partial charge is 0.495 e. The van der Waals surface area contributed by atoms with Crippen LogP contribution < -0.4 is 14.4 Å². The van der Waals surface area contributed by atoms with Crippen molar-refractivity contribution in [3.8, 4) is 5.75 Å². The van der Waals surface area contributed by atoms with Crippen LogP contribution in [-0.2, 0) is 26.2 Å². The van der Waals surface area contributed by atoms with E-state index < -0.39 is 34.1 Å². The van der Waals surface area contributed by atoms with Crippen molar-refractivity contribution in [2.45, 2.75) is 64.1 Å². The summed E-state index contributed by atoms with van der Waals surface area (Å²) in [6.07, 6.45) is 0.333. The smallest absolute Gasteiger partial charge is 0.264 e. The van der Waals surface area contributed by atoms with Gasteiger partial charge in [-0.1, -0.05) is 61.0 Å². The number of halogens is 1. The van der Waals surface area contributed by atoms with Crippen molar-refractivity contribution in [3.63, 3.8) is 0 Å². The lowest BCUT2D eigenvalue weighted by molar-refractivity contribution is -0.141. The van der Waals surface area contributed by atoms with Crippen molar-refractivity contribution >= 4 is 39.1 Å². The Morgan fingerprint density at radius 1 is 1.00 bits per heavy atom. The van der Waals surface area contributed by atoms with E-state index >= 15 is 0 Å². The van der Waals surface area contributed by atoms with Crippen LogP contribution in [-0.4, -0.2) is 50.4 Å². The van der Waals surface area contributed by atoms with E-state index in [4.69, 9.17) is 16.3 Å². The number of rotatable bonds is 11. The fraction of sp³-hybridized carbons (Fsp3) is 0.355. The summed E-state index contributed by atoms with van der Waals surface area (Å²) in [5, 5.41) is 3.16. The third kappa shape index (κ3) is 8.01. The number of hydrogen-bond acceptors (Lipinski definition) is 5. The maximum Gasteiger partial charge on any atom is 0.264 e. The van der Waals surface area contributed by atoms with Crippen LogP contribution in [0.2, 0.25) is 5.02 Å². The van der Waals surface area contributed by atoms with Gasteiger partial charge >= 0.3 is 0 Å². The third-order valence-electron chi connectivity index (χ3n) is 6.52. The second-order valence-corrected chi connectivity index (χ2v) is 13.0. The molecule has 0 radical (unpaired) electrons. The average molecular weight is 600 g/mol. The monoisotopic (exact) mass is 599 g/mol. The molecule has 1 N–H and O–H groups in total. The van der Waals surface area contributed by atoms with Gasteiger partial charge in [0.25, 0.3) is 10.0 Å². The minimum atomic E-state index is -4.20. The molecule has 1 unspecified atom stereocenters. The lowest BCUT2D eigenvalue weighted by Crippen LogP contribution is -2.55. The van der Waals surface area contributed by atoms with Crippen molar-refractivity contribution in [2.24, 2.45) is 0 Å². The van der Waals surface area contributed by atoms with Gasteiger partial charge in [-0.3, -0.25) is 13.9 Å². The summed E-state index contributed by atoms with van der Waals surface area (Å²) >= 11 is 6.37. The molecule has 1 atom stereocenters. The summed E-state index contributed by atoms with van der Waals surface area (Å²) in [7, 11) is -2.74. The number of amides is 2. The van der Waals surface area contributed by atoms with Gasteiger partial charge in [-0.2, -0.15) is 0 Å². The highest BCUT2D eigenvalue weighted by Gasteiger charge is 2.35. The molecule has 220 valence electrons. The number of anilines is 1. The Morgan fingerprint density at radius 2 is 1.63 bits per heavy atom. The first-order chi connectivity index (χ1) is 19.3. The number of benzene rings is 3. The summed E-state index contributed by atoms with van der Waals surface area (Å²) in [5.74, 6) is -0.479. The molecule has 0 saturated carbocycles. The molecule has 3 aromatic rings. The third-order valence-corrected chi connectivity index (χ3v) is 8.60. The molecule has 10 heteroatoms. The minimum absolute atomic E-state index is 0.0164. The van der Waals surface area contributed by atoms with Crippen LogP contribution in [0.15, 0.2) is 77.7 Å². The van der Waals surface area contributed by atoms with Gasteiger partial charge in [0.2, 0.25) is 11.8 Å². The molecule has 8 nitrogen and oxygen atoms in total. The zero-order valence-corrected chi connectivity index (χ0v) is 25.9. The van der Waals surface area contributed by atoms with Gasteiger partial charge in [-0.15, -0.1) is 0 Å². The number of hydrogen-bond donors (Lipinski definition) is 1. The lowest BCUT2D eigenvalue weighted by atomic mass is 10.0. The van der Waals surface area contributed by atoms with Crippen LogP contribution in [0.1, 0.15) is 45.2 Å². The van der Waals surface area contributed by atoms with Gasteiger partial charge in [0.15, 0.2) is 0 Å². The maximum atomic E-state index is 14.2. The number of carbonyl (C=O) groups excluding carboxylic acids is 2. The topological polar surface area (TPSA) is 96.0 Å². The van der Waals surface area contributed by atoms with E-state index in [1.54, 1.807) is 24.3 Å². The van der Waals surface area contributed by atoms with Crippen molar-refractivity contribution in [1.82, 2.24) is 10.2 Å². The summed E-state index contributed by atoms with van der Waals surface area (Å²) in [4.78, 5) is 29.1. The van der Waals surface area contributed by atoms with Crippen LogP contribution >= 0.6 is 11.6 Å². The van der Waals surface area contributed by atoms with Crippen molar-refractivity contribution in [1.29, 1.82) is 0 Å². The minimum Gasteiger partial charge on any atom is -0.495 e. The lowest BCUT2D eigenvalue weighted by Gasteiger charge is -2.35. The molecular formula is C31H38ClN3O5S. The molecule has 0 aromatic heterocycles. The van der Waals surface area contributed by atoms with Crippen LogP contribution in [0, 0.1) is 6.92 Å². The van der Waals surface area contributed by atoms with Gasteiger partial charge in [0.05, 0.1) is 22.7 Å². The fourth-order valence-electron chi connectivity index (χ4n) is 4.40. The molecule has 2 amide bonds. The molecule has 0 aliphatic rings. The fourth-order valence-corrected chi connectivity index (χ4v) is 6.08. The molecule has 3 aromatic carbocycles. The van der Waals surface area contributed by atoms with Gasteiger partial charge in [0.1, 0.15) is 18.3 Å². The van der Waals surface area contributed by atoms with Gasteiger partial charge in [0, 0.05) is 12.1 Å². The van der Waals surface area contributed by atoms with Crippen molar-refractivity contribution in [3.05, 3.63) is 88.9 Å².